The van der Waals surface area contributed by atoms with Crippen LogP contribution in [0.25, 0.3) is 0 Å². The smallest absolute Gasteiger partial charge is 0.0502 e. The third-order valence-corrected chi connectivity index (χ3v) is 5.63. The normalized spacial score (nSPS) is 35.0. The topological polar surface area (TPSA) is 24.5 Å². The number of nitrogens with zero attached hydrogens (tertiary/aromatic N) is 1. The number of hydrogen-bond acceptors (Lipinski definition) is 3. The molecule has 0 bridgehead atoms. The second-order valence-corrected chi connectivity index (χ2v) is 7.23. The second kappa shape index (κ2) is 9.12. The van der Waals surface area contributed by atoms with Crippen LogP contribution in [0.4, 0.5) is 0 Å². The fourth-order valence-electron chi connectivity index (χ4n) is 4.49. The Kier molecular flexibility index (Phi) is 7.48. The number of piperidine rings is 1. The molecule has 0 spiro atoms. The van der Waals surface area contributed by atoms with Gasteiger partial charge in [-0.3, -0.25) is 0 Å². The maximum absolute atomic E-state index is 5.37. The van der Waals surface area contributed by atoms with Crippen molar-refractivity contribution in [1.29, 1.82) is 0 Å². The highest BCUT2D eigenvalue weighted by Gasteiger charge is 2.31. The zero-order valence-corrected chi connectivity index (χ0v) is 14.4. The highest BCUT2D eigenvalue weighted by Crippen LogP contribution is 2.32. The molecule has 124 valence electrons. The number of nitrogens with one attached hydrogen (secondary N) is 1. The van der Waals surface area contributed by atoms with Gasteiger partial charge in [0, 0.05) is 26.2 Å². The van der Waals surface area contributed by atoms with Gasteiger partial charge >= 0.3 is 0 Å². The molecule has 0 radical (unpaired) electrons. The van der Waals surface area contributed by atoms with E-state index in [0.29, 0.717) is 0 Å². The van der Waals surface area contributed by atoms with Gasteiger partial charge in [-0.25, -0.2) is 0 Å². The second-order valence-electron chi connectivity index (χ2n) is 7.23. The van der Waals surface area contributed by atoms with Crippen molar-refractivity contribution < 1.29 is 4.74 Å². The number of methoxy groups -OCH3 is 1. The maximum atomic E-state index is 5.37. The highest BCUT2D eigenvalue weighted by molar-refractivity contribution is 4.87. The minimum atomic E-state index is 0.751. The molecule has 2 rings (SSSR count). The molecule has 0 aromatic heterocycles. The van der Waals surface area contributed by atoms with Gasteiger partial charge in [-0.1, -0.05) is 20.3 Å². The van der Waals surface area contributed by atoms with Crippen LogP contribution in [0.1, 0.15) is 52.4 Å². The first-order valence-corrected chi connectivity index (χ1v) is 9.21. The molecule has 1 aliphatic carbocycles. The zero-order valence-electron chi connectivity index (χ0n) is 14.4. The molecule has 0 amide bonds. The lowest BCUT2D eigenvalue weighted by Crippen LogP contribution is -2.48. The van der Waals surface area contributed by atoms with Crippen molar-refractivity contribution in [2.75, 3.05) is 39.9 Å². The van der Waals surface area contributed by atoms with Crippen LogP contribution in [0.3, 0.4) is 0 Å². The Morgan fingerprint density at radius 3 is 2.71 bits per heavy atom. The van der Waals surface area contributed by atoms with Gasteiger partial charge in [0.1, 0.15) is 0 Å². The van der Waals surface area contributed by atoms with Crippen LogP contribution < -0.4 is 5.32 Å². The van der Waals surface area contributed by atoms with E-state index in [0.717, 1.165) is 36.9 Å². The summed E-state index contributed by atoms with van der Waals surface area (Å²) in [4.78, 5) is 2.72. The molecule has 1 aliphatic heterocycles. The highest BCUT2D eigenvalue weighted by atomic mass is 16.5. The molecule has 2 aliphatic rings. The van der Waals surface area contributed by atoms with E-state index in [1.165, 1.54) is 58.2 Å². The number of rotatable bonds is 7. The summed E-state index contributed by atoms with van der Waals surface area (Å²) in [6.45, 7) is 10.5. The van der Waals surface area contributed by atoms with Crippen LogP contribution in [0.5, 0.6) is 0 Å². The summed E-state index contributed by atoms with van der Waals surface area (Å²) in [6.07, 6.45) is 8.30. The van der Waals surface area contributed by atoms with E-state index in [1.54, 1.807) is 0 Å². The van der Waals surface area contributed by atoms with Gasteiger partial charge in [-0.2, -0.15) is 0 Å². The van der Waals surface area contributed by atoms with Crippen molar-refractivity contribution in [2.45, 2.75) is 58.4 Å². The van der Waals surface area contributed by atoms with E-state index >= 15 is 0 Å². The molecule has 1 saturated heterocycles. The first-order valence-electron chi connectivity index (χ1n) is 9.21. The number of hydrogen-bond donors (Lipinski definition) is 1. The van der Waals surface area contributed by atoms with Gasteiger partial charge in [0.15, 0.2) is 0 Å². The number of ether oxygens (including phenoxy) is 1. The van der Waals surface area contributed by atoms with Crippen molar-refractivity contribution in [3.63, 3.8) is 0 Å². The minimum Gasteiger partial charge on any atom is -0.384 e. The Morgan fingerprint density at radius 1 is 1.14 bits per heavy atom. The third kappa shape index (κ3) is 5.22. The van der Waals surface area contributed by atoms with Crippen LogP contribution in [-0.2, 0) is 4.74 Å². The van der Waals surface area contributed by atoms with Gasteiger partial charge in [-0.15, -0.1) is 0 Å². The van der Waals surface area contributed by atoms with E-state index in [2.05, 4.69) is 24.1 Å². The molecule has 3 heteroatoms. The summed E-state index contributed by atoms with van der Waals surface area (Å²) in [6, 6.07) is 0.751. The molecule has 4 atom stereocenters. The lowest BCUT2D eigenvalue weighted by atomic mass is 9.76. The Bertz CT molecular complexity index is 282. The summed E-state index contributed by atoms with van der Waals surface area (Å²) >= 11 is 0. The summed E-state index contributed by atoms with van der Waals surface area (Å²) in [5.41, 5.74) is 0. The van der Waals surface area contributed by atoms with E-state index in [-0.39, 0.29) is 0 Å². The maximum Gasteiger partial charge on any atom is 0.0502 e. The molecular formula is C18H36N2O. The van der Waals surface area contributed by atoms with E-state index in [9.17, 15) is 0 Å². The van der Waals surface area contributed by atoms with Crippen molar-refractivity contribution in [1.82, 2.24) is 10.2 Å². The fourth-order valence-corrected chi connectivity index (χ4v) is 4.49. The lowest BCUT2D eigenvalue weighted by molar-refractivity contribution is 0.0672. The SMILES string of the molecule is CCNC1CCC(CC)CC1CN1CCCC(COC)C1. The van der Waals surface area contributed by atoms with Crippen LogP contribution in [0.15, 0.2) is 0 Å². The van der Waals surface area contributed by atoms with Crippen molar-refractivity contribution in [3.05, 3.63) is 0 Å². The average molecular weight is 296 g/mol. The van der Waals surface area contributed by atoms with Crippen LogP contribution in [0.2, 0.25) is 0 Å². The van der Waals surface area contributed by atoms with Gasteiger partial charge in [0.2, 0.25) is 0 Å². The quantitative estimate of drug-likeness (QED) is 0.781. The van der Waals surface area contributed by atoms with Gasteiger partial charge in [0.05, 0.1) is 6.61 Å². The molecule has 1 saturated carbocycles. The lowest BCUT2D eigenvalue weighted by Gasteiger charge is -2.41. The molecule has 1 N–H and O–H groups in total. The first-order chi connectivity index (χ1) is 10.3. The zero-order chi connectivity index (χ0) is 15.1. The van der Waals surface area contributed by atoms with E-state index in [1.807, 2.05) is 7.11 Å². The van der Waals surface area contributed by atoms with Gasteiger partial charge in [-0.05, 0) is 62.9 Å². The number of likely N-dealkylation sites (tertiary alicyclic amines) is 1. The first kappa shape index (κ1) is 17.2. The van der Waals surface area contributed by atoms with Gasteiger partial charge < -0.3 is 15.0 Å². The van der Waals surface area contributed by atoms with E-state index < -0.39 is 0 Å². The van der Waals surface area contributed by atoms with Crippen molar-refractivity contribution >= 4 is 0 Å². The molecular weight excluding hydrogens is 260 g/mol. The van der Waals surface area contributed by atoms with Crippen LogP contribution >= 0.6 is 0 Å². The van der Waals surface area contributed by atoms with Crippen molar-refractivity contribution in [2.24, 2.45) is 17.8 Å². The van der Waals surface area contributed by atoms with Crippen molar-refractivity contribution in [3.8, 4) is 0 Å². The van der Waals surface area contributed by atoms with Crippen LogP contribution in [0, 0.1) is 17.8 Å². The molecule has 0 aromatic carbocycles. The molecule has 21 heavy (non-hydrogen) atoms. The average Bonchev–Trinajstić information content (AvgIpc) is 2.50. The van der Waals surface area contributed by atoms with E-state index in [4.69, 9.17) is 4.74 Å². The predicted octanol–water partition coefficient (Wildman–Crippen LogP) is 3.15. The monoisotopic (exact) mass is 296 g/mol. The molecule has 1 heterocycles. The molecule has 0 aromatic rings. The minimum absolute atomic E-state index is 0.751. The molecule has 2 fully saturated rings. The Balaban J connectivity index is 1.87. The Hall–Kier alpha value is -0.120. The standard InChI is InChI=1S/C18H36N2O/c1-4-15-8-9-18(19-5-2)17(11-15)13-20-10-6-7-16(12-20)14-21-3/h15-19H,4-14H2,1-3H3. The summed E-state index contributed by atoms with van der Waals surface area (Å²) < 4.78 is 5.37. The summed E-state index contributed by atoms with van der Waals surface area (Å²) in [5, 5.41) is 3.75. The molecule has 3 nitrogen and oxygen atoms in total. The predicted molar refractivity (Wildman–Crippen MR) is 89.6 cm³/mol. The summed E-state index contributed by atoms with van der Waals surface area (Å²) in [5.74, 6) is 2.57. The molecule has 4 unspecified atom stereocenters. The largest absolute Gasteiger partial charge is 0.384 e. The summed E-state index contributed by atoms with van der Waals surface area (Å²) in [7, 11) is 1.84. The Labute approximate surface area is 131 Å². The third-order valence-electron chi connectivity index (χ3n) is 5.63. The fraction of sp³-hybridized carbons (Fsp3) is 1.00. The van der Waals surface area contributed by atoms with Crippen LogP contribution in [-0.4, -0.2) is 50.8 Å². The Morgan fingerprint density at radius 2 is 2.00 bits per heavy atom. The van der Waals surface area contributed by atoms with Gasteiger partial charge in [0.25, 0.3) is 0 Å².